The van der Waals surface area contributed by atoms with Crippen molar-refractivity contribution in [3.05, 3.63) is 71.3 Å². The van der Waals surface area contributed by atoms with Crippen LogP contribution in [0.4, 0.5) is 4.79 Å². The first-order chi connectivity index (χ1) is 13.9. The van der Waals surface area contributed by atoms with Gasteiger partial charge in [-0.3, -0.25) is 14.5 Å². The summed E-state index contributed by atoms with van der Waals surface area (Å²) in [5.74, 6) is -1.11. The van der Waals surface area contributed by atoms with E-state index >= 15 is 0 Å². The van der Waals surface area contributed by atoms with Crippen molar-refractivity contribution in [3.8, 4) is 6.07 Å². The van der Waals surface area contributed by atoms with Crippen molar-refractivity contribution in [1.82, 2.24) is 10.2 Å². The van der Waals surface area contributed by atoms with E-state index in [0.29, 0.717) is 24.0 Å². The van der Waals surface area contributed by atoms with Gasteiger partial charge in [-0.15, -0.1) is 0 Å². The predicted molar refractivity (Wildman–Crippen MR) is 104 cm³/mol. The van der Waals surface area contributed by atoms with E-state index in [0.717, 1.165) is 10.5 Å². The Hall–Kier alpha value is -3.66. The number of imide groups is 1. The highest BCUT2D eigenvalue weighted by atomic mass is 16.5. The third kappa shape index (κ3) is 4.79. The Morgan fingerprint density at radius 2 is 1.79 bits per heavy atom. The van der Waals surface area contributed by atoms with Crippen LogP contribution in [0.3, 0.4) is 0 Å². The summed E-state index contributed by atoms with van der Waals surface area (Å²) in [4.78, 5) is 38.0. The van der Waals surface area contributed by atoms with Crippen molar-refractivity contribution in [1.29, 1.82) is 5.26 Å². The Morgan fingerprint density at radius 3 is 2.45 bits per heavy atom. The molecule has 0 aromatic heterocycles. The highest BCUT2D eigenvalue weighted by Crippen LogP contribution is 2.23. The molecule has 3 amide bonds. The van der Waals surface area contributed by atoms with Gasteiger partial charge in [0.1, 0.15) is 18.7 Å². The fourth-order valence-corrected chi connectivity index (χ4v) is 3.11. The van der Waals surface area contributed by atoms with E-state index in [9.17, 15) is 14.4 Å². The second kappa shape index (κ2) is 8.57. The van der Waals surface area contributed by atoms with E-state index in [4.69, 9.17) is 10.00 Å². The summed E-state index contributed by atoms with van der Waals surface area (Å²) in [6, 6.07) is 17.7. The number of esters is 1. The average molecular weight is 391 g/mol. The maximum atomic E-state index is 12.7. The average Bonchev–Trinajstić information content (AvgIpc) is 2.95. The lowest BCUT2D eigenvalue weighted by Gasteiger charge is -2.21. The molecule has 0 bridgehead atoms. The van der Waals surface area contributed by atoms with Gasteiger partial charge in [0, 0.05) is 0 Å². The molecule has 0 saturated carbocycles. The van der Waals surface area contributed by atoms with E-state index < -0.39 is 30.0 Å². The van der Waals surface area contributed by atoms with Crippen molar-refractivity contribution < 1.29 is 19.1 Å². The maximum Gasteiger partial charge on any atom is 0.326 e. The van der Waals surface area contributed by atoms with Crippen LogP contribution in [0.25, 0.3) is 0 Å². The molecule has 0 radical (unpaired) electrons. The Labute approximate surface area is 168 Å². The van der Waals surface area contributed by atoms with Gasteiger partial charge in [-0.25, -0.2) is 4.79 Å². The molecule has 0 aliphatic carbocycles. The smallest absolute Gasteiger partial charge is 0.326 e. The number of aryl methyl sites for hydroxylation is 1. The van der Waals surface area contributed by atoms with Gasteiger partial charge in [-0.05, 0) is 43.0 Å². The molecule has 1 aliphatic heterocycles. The Balaban J connectivity index is 1.54. The summed E-state index contributed by atoms with van der Waals surface area (Å²) >= 11 is 0. The quantitative estimate of drug-likeness (QED) is 0.578. The standard InChI is InChI=1S/C22H21N3O4/c1-22(12-11-16-5-3-2-4-6-16)20(27)25(21(28)24-22)14-19(26)29-15-18-9-7-17(13-23)8-10-18/h2-10H,11-12,14-15H2,1H3,(H,24,28)/t22-/m0/s1. The zero-order chi connectivity index (χ0) is 20.9. The molecule has 1 heterocycles. The van der Waals surface area contributed by atoms with Crippen LogP contribution in [0.5, 0.6) is 0 Å². The minimum Gasteiger partial charge on any atom is -0.459 e. The van der Waals surface area contributed by atoms with Crippen LogP contribution in [0.15, 0.2) is 54.6 Å². The zero-order valence-electron chi connectivity index (χ0n) is 16.1. The molecule has 3 rings (SSSR count). The summed E-state index contributed by atoms with van der Waals surface area (Å²) in [6.45, 7) is 1.22. The molecule has 1 saturated heterocycles. The van der Waals surface area contributed by atoms with Crippen LogP contribution in [-0.2, 0) is 27.4 Å². The number of nitriles is 1. The van der Waals surface area contributed by atoms with Crippen molar-refractivity contribution >= 4 is 17.9 Å². The molecule has 1 fully saturated rings. The first-order valence-corrected chi connectivity index (χ1v) is 9.24. The summed E-state index contributed by atoms with van der Waals surface area (Å²) < 4.78 is 5.16. The molecule has 2 aromatic carbocycles. The lowest BCUT2D eigenvalue weighted by molar-refractivity contribution is -0.148. The number of benzene rings is 2. The number of hydrogen-bond acceptors (Lipinski definition) is 5. The summed E-state index contributed by atoms with van der Waals surface area (Å²) in [5.41, 5.74) is 1.23. The number of nitrogens with zero attached hydrogens (tertiary/aromatic N) is 2. The Morgan fingerprint density at radius 1 is 1.10 bits per heavy atom. The fraction of sp³-hybridized carbons (Fsp3) is 0.273. The van der Waals surface area contributed by atoms with E-state index in [1.807, 2.05) is 36.4 Å². The molecule has 1 aliphatic rings. The molecular weight excluding hydrogens is 370 g/mol. The van der Waals surface area contributed by atoms with Crippen LogP contribution in [0.2, 0.25) is 0 Å². The van der Waals surface area contributed by atoms with E-state index in [2.05, 4.69) is 5.32 Å². The number of amides is 3. The van der Waals surface area contributed by atoms with E-state index in [1.165, 1.54) is 0 Å². The lowest BCUT2D eigenvalue weighted by atomic mass is 9.93. The second-order valence-electron chi connectivity index (χ2n) is 7.11. The van der Waals surface area contributed by atoms with Gasteiger partial charge in [0.15, 0.2) is 0 Å². The van der Waals surface area contributed by atoms with Gasteiger partial charge in [-0.1, -0.05) is 42.5 Å². The first kappa shape index (κ1) is 20.1. The topological polar surface area (TPSA) is 99.5 Å². The summed E-state index contributed by atoms with van der Waals surface area (Å²) in [7, 11) is 0. The fourth-order valence-electron chi connectivity index (χ4n) is 3.11. The largest absolute Gasteiger partial charge is 0.459 e. The zero-order valence-corrected chi connectivity index (χ0v) is 16.1. The van der Waals surface area contributed by atoms with E-state index in [1.54, 1.807) is 31.2 Å². The molecule has 0 unspecified atom stereocenters. The maximum absolute atomic E-state index is 12.7. The number of carbonyl (C=O) groups excluding carboxylic acids is 3. The number of hydrogen-bond donors (Lipinski definition) is 1. The number of urea groups is 1. The van der Waals surface area contributed by atoms with Crippen molar-refractivity contribution in [2.45, 2.75) is 31.9 Å². The highest BCUT2D eigenvalue weighted by Gasteiger charge is 2.48. The Bertz CT molecular complexity index is 950. The Kier molecular flexibility index (Phi) is 5.93. The van der Waals surface area contributed by atoms with Crippen LogP contribution in [-0.4, -0.2) is 34.9 Å². The first-order valence-electron chi connectivity index (χ1n) is 9.24. The highest BCUT2D eigenvalue weighted by molar-refractivity contribution is 6.08. The molecule has 7 nitrogen and oxygen atoms in total. The molecule has 148 valence electrons. The molecule has 1 N–H and O–H groups in total. The van der Waals surface area contributed by atoms with Crippen LogP contribution < -0.4 is 5.32 Å². The van der Waals surface area contributed by atoms with Gasteiger partial charge in [-0.2, -0.15) is 5.26 Å². The van der Waals surface area contributed by atoms with Gasteiger partial charge in [0.05, 0.1) is 11.6 Å². The van der Waals surface area contributed by atoms with Crippen molar-refractivity contribution in [2.24, 2.45) is 0 Å². The minimum absolute atomic E-state index is 0.000529. The predicted octanol–water partition coefficient (Wildman–Crippen LogP) is 2.54. The number of nitrogens with one attached hydrogen (secondary N) is 1. The van der Waals surface area contributed by atoms with Gasteiger partial charge in [0.2, 0.25) is 0 Å². The third-order valence-corrected chi connectivity index (χ3v) is 4.87. The minimum atomic E-state index is -1.06. The van der Waals surface area contributed by atoms with Crippen molar-refractivity contribution in [2.75, 3.05) is 6.54 Å². The summed E-state index contributed by atoms with van der Waals surface area (Å²) in [5, 5.41) is 11.5. The molecule has 1 atom stereocenters. The van der Waals surface area contributed by atoms with Gasteiger partial charge >= 0.3 is 12.0 Å². The SMILES string of the molecule is C[C@@]1(CCc2ccccc2)NC(=O)N(CC(=O)OCc2ccc(C#N)cc2)C1=O. The van der Waals surface area contributed by atoms with Gasteiger partial charge in [0.25, 0.3) is 5.91 Å². The van der Waals surface area contributed by atoms with Crippen LogP contribution >= 0.6 is 0 Å². The normalized spacial score (nSPS) is 18.3. The van der Waals surface area contributed by atoms with E-state index in [-0.39, 0.29) is 6.61 Å². The molecule has 0 spiro atoms. The second-order valence-corrected chi connectivity index (χ2v) is 7.11. The summed E-state index contributed by atoms with van der Waals surface area (Å²) in [6.07, 6.45) is 1.05. The van der Waals surface area contributed by atoms with Crippen LogP contribution in [0, 0.1) is 11.3 Å². The number of carbonyl (C=O) groups is 3. The van der Waals surface area contributed by atoms with Gasteiger partial charge < -0.3 is 10.1 Å². The lowest BCUT2D eigenvalue weighted by Crippen LogP contribution is -2.44. The molecular formula is C22H21N3O4. The number of ether oxygens (including phenoxy) is 1. The monoisotopic (exact) mass is 391 g/mol. The molecule has 7 heteroatoms. The van der Waals surface area contributed by atoms with Crippen LogP contribution in [0.1, 0.15) is 30.0 Å². The van der Waals surface area contributed by atoms with Crippen molar-refractivity contribution in [3.63, 3.8) is 0 Å². The molecule has 2 aromatic rings. The molecule has 29 heavy (non-hydrogen) atoms. The third-order valence-electron chi connectivity index (χ3n) is 4.87. The number of rotatable bonds is 7.